The maximum Gasteiger partial charge on any atom is 0.255 e. The number of hydrogen-bond donors (Lipinski definition) is 0. The molecule has 3 aromatic carbocycles. The molecule has 0 aromatic heterocycles. The van der Waals surface area contributed by atoms with Crippen molar-refractivity contribution in [1.82, 2.24) is 14.7 Å². The van der Waals surface area contributed by atoms with Crippen molar-refractivity contribution in [1.29, 1.82) is 5.26 Å². The van der Waals surface area contributed by atoms with Crippen molar-refractivity contribution in [3.63, 3.8) is 0 Å². The van der Waals surface area contributed by atoms with Crippen molar-refractivity contribution in [2.75, 3.05) is 31.1 Å². The zero-order chi connectivity index (χ0) is 40.7. The van der Waals surface area contributed by atoms with Crippen molar-refractivity contribution in [2.24, 2.45) is 16.7 Å². The third kappa shape index (κ3) is 6.46. The number of fused-ring (bicyclic) bond motifs is 2. The Morgan fingerprint density at radius 3 is 2.21 bits per heavy atom. The Balaban J connectivity index is 0.772. The van der Waals surface area contributed by atoms with E-state index in [1.54, 1.807) is 23.1 Å². The summed E-state index contributed by atoms with van der Waals surface area (Å²) in [7, 11) is 0. The van der Waals surface area contributed by atoms with Crippen LogP contribution in [0.4, 0.5) is 5.69 Å². The number of carbonyl (C=O) groups excluding carboxylic acids is 4. The van der Waals surface area contributed by atoms with E-state index in [0.29, 0.717) is 79.1 Å². The maximum atomic E-state index is 13.8. The van der Waals surface area contributed by atoms with Crippen molar-refractivity contribution >= 4 is 40.7 Å². The van der Waals surface area contributed by atoms with Crippen LogP contribution in [-0.2, 0) is 22.7 Å². The molecule has 2 saturated carbocycles. The number of nitriles is 1. The molecule has 3 aromatic rings. The highest BCUT2D eigenvalue weighted by Gasteiger charge is 2.67. The monoisotopic (exact) mass is 797 g/mol. The summed E-state index contributed by atoms with van der Waals surface area (Å²) in [5.41, 5.74) is 5.12. The van der Waals surface area contributed by atoms with Gasteiger partial charge in [0.25, 0.3) is 11.8 Å². The topological polar surface area (TPSA) is 114 Å². The average Bonchev–Trinajstić information content (AvgIpc) is 3.63. The number of likely N-dealkylation sites (tertiary alicyclic amines) is 1. The van der Waals surface area contributed by atoms with Crippen molar-refractivity contribution in [2.45, 2.75) is 97.1 Å². The van der Waals surface area contributed by atoms with Crippen LogP contribution >= 0.6 is 11.6 Å². The number of carbonyl (C=O) groups is 4. The molecule has 2 amide bonds. The number of anilines is 1. The molecule has 2 saturated heterocycles. The van der Waals surface area contributed by atoms with Gasteiger partial charge >= 0.3 is 0 Å². The van der Waals surface area contributed by atoms with Crippen LogP contribution in [0.1, 0.15) is 103 Å². The van der Waals surface area contributed by atoms with Gasteiger partial charge < -0.3 is 19.4 Å². The number of benzene rings is 3. The molecule has 1 unspecified atom stereocenters. The minimum absolute atomic E-state index is 0.0421. The summed E-state index contributed by atoms with van der Waals surface area (Å²) in [6, 6.07) is 19.1. The van der Waals surface area contributed by atoms with Crippen molar-refractivity contribution in [3.05, 3.63) is 93.0 Å². The second-order valence-electron chi connectivity index (χ2n) is 18.3. The fourth-order valence-corrected chi connectivity index (χ4v) is 11.2. The highest BCUT2D eigenvalue weighted by molar-refractivity contribution is 6.31. The number of amides is 2. The predicted molar refractivity (Wildman–Crippen MR) is 219 cm³/mol. The van der Waals surface area contributed by atoms with E-state index in [9.17, 15) is 24.4 Å². The van der Waals surface area contributed by atoms with E-state index >= 15 is 0 Å². The molecule has 2 aliphatic carbocycles. The molecule has 10 nitrogen and oxygen atoms in total. The number of hydrogen-bond acceptors (Lipinski definition) is 8. The van der Waals surface area contributed by atoms with Crippen LogP contribution < -0.4 is 9.64 Å². The van der Waals surface area contributed by atoms with E-state index in [0.717, 1.165) is 54.1 Å². The molecule has 298 valence electrons. The van der Waals surface area contributed by atoms with Gasteiger partial charge in [-0.2, -0.15) is 5.26 Å². The van der Waals surface area contributed by atoms with Gasteiger partial charge in [-0.25, -0.2) is 0 Å². The molecule has 4 aliphatic heterocycles. The molecule has 0 bridgehead atoms. The lowest BCUT2D eigenvalue weighted by Crippen LogP contribution is -2.74. The molecule has 0 spiro atoms. The standard InChI is InChI=1S/C47H48ClN5O5/c1-46(2)44(47(3,4)45(46)58-36-14-11-30(21-49)39(48)20-36)53-25-31-18-28(10-15-37(31)43(53)57)8-9-29-22-50(23-29)34-26-51(27-34)33-12-16-38-32(19-33)24-52(42(38)56)40-17-13-35(54)6-5-7-41(40)55/h10-12,14-16,18-20,29,34,40,44-45H,5-7,13,17,22-27H2,1-4H3. The molecular formula is C47H48ClN5O5. The Hall–Kier alpha value is -5.16. The molecule has 9 rings (SSSR count). The Morgan fingerprint density at radius 1 is 0.793 bits per heavy atom. The number of halogens is 1. The summed E-state index contributed by atoms with van der Waals surface area (Å²) in [4.78, 5) is 60.6. The number of ketones is 2. The Labute approximate surface area is 345 Å². The van der Waals surface area contributed by atoms with E-state index in [4.69, 9.17) is 16.3 Å². The fraction of sp³-hybridized carbons (Fsp3) is 0.468. The Bertz CT molecular complexity index is 2340. The zero-order valence-corrected chi connectivity index (χ0v) is 34.3. The lowest BCUT2D eigenvalue weighted by Gasteiger charge is -2.65. The molecule has 0 N–H and O–H groups in total. The summed E-state index contributed by atoms with van der Waals surface area (Å²) >= 11 is 6.29. The first-order valence-electron chi connectivity index (χ1n) is 20.5. The number of Topliss-reactive ketones (excluding diaryl/α,β-unsaturated/α-hetero) is 2. The average molecular weight is 798 g/mol. The molecule has 58 heavy (non-hydrogen) atoms. The highest BCUT2D eigenvalue weighted by atomic mass is 35.5. The molecule has 4 fully saturated rings. The Morgan fingerprint density at radius 2 is 1.48 bits per heavy atom. The normalized spacial score (nSPS) is 25.4. The second kappa shape index (κ2) is 14.3. The summed E-state index contributed by atoms with van der Waals surface area (Å²) < 4.78 is 6.48. The van der Waals surface area contributed by atoms with Crippen molar-refractivity contribution < 1.29 is 23.9 Å². The Kier molecular flexibility index (Phi) is 9.45. The van der Waals surface area contributed by atoms with Gasteiger partial charge in [-0.15, -0.1) is 0 Å². The zero-order valence-electron chi connectivity index (χ0n) is 33.5. The third-order valence-corrected chi connectivity index (χ3v) is 14.0. The van der Waals surface area contributed by atoms with Gasteiger partial charge in [0.05, 0.1) is 16.6 Å². The van der Waals surface area contributed by atoms with Crippen LogP contribution in [0, 0.1) is 39.9 Å². The molecule has 0 radical (unpaired) electrons. The number of nitrogens with zero attached hydrogens (tertiary/aromatic N) is 5. The first-order valence-corrected chi connectivity index (χ1v) is 20.9. The van der Waals surface area contributed by atoms with Crippen LogP contribution in [0.2, 0.25) is 5.02 Å². The van der Waals surface area contributed by atoms with Gasteiger partial charge in [0.1, 0.15) is 23.7 Å². The third-order valence-electron chi connectivity index (χ3n) is 13.6. The van der Waals surface area contributed by atoms with E-state index < -0.39 is 6.04 Å². The lowest BCUT2D eigenvalue weighted by molar-refractivity contribution is -0.199. The number of rotatable bonds is 6. The van der Waals surface area contributed by atoms with Gasteiger partial charge in [0, 0.05) is 116 Å². The minimum Gasteiger partial charge on any atom is -0.489 e. The van der Waals surface area contributed by atoms with Crippen LogP contribution in [0.3, 0.4) is 0 Å². The van der Waals surface area contributed by atoms with Gasteiger partial charge in [-0.1, -0.05) is 51.1 Å². The second-order valence-corrected chi connectivity index (χ2v) is 18.7. The minimum atomic E-state index is -0.517. The quantitative estimate of drug-likeness (QED) is 0.255. The van der Waals surface area contributed by atoms with Crippen molar-refractivity contribution in [3.8, 4) is 23.7 Å². The smallest absolute Gasteiger partial charge is 0.255 e. The molecule has 11 heteroatoms. The first kappa shape index (κ1) is 38.4. The number of ether oxygens (including phenoxy) is 1. The molecule has 6 aliphatic rings. The summed E-state index contributed by atoms with van der Waals surface area (Å²) in [6.07, 6.45) is 1.98. The molecule has 1 atom stereocenters. The summed E-state index contributed by atoms with van der Waals surface area (Å²) in [5, 5.41) is 9.62. The van der Waals surface area contributed by atoms with Crippen LogP contribution in [0.15, 0.2) is 54.6 Å². The fourth-order valence-electron chi connectivity index (χ4n) is 10.9. The summed E-state index contributed by atoms with van der Waals surface area (Å²) in [6.45, 7) is 13.2. The maximum absolute atomic E-state index is 13.8. The predicted octanol–water partition coefficient (Wildman–Crippen LogP) is 6.65. The van der Waals surface area contributed by atoms with Crippen LogP contribution in [0.25, 0.3) is 0 Å². The van der Waals surface area contributed by atoms with Crippen LogP contribution in [-0.4, -0.2) is 88.5 Å². The van der Waals surface area contributed by atoms with Gasteiger partial charge in [-0.3, -0.25) is 24.1 Å². The molecular weight excluding hydrogens is 750 g/mol. The lowest BCUT2D eigenvalue weighted by atomic mass is 9.49. The van der Waals surface area contributed by atoms with E-state index in [-0.39, 0.29) is 46.4 Å². The van der Waals surface area contributed by atoms with E-state index in [1.165, 1.54) is 0 Å². The first-order chi connectivity index (χ1) is 27.7. The SMILES string of the molecule is CC1(C)C(Oc2ccc(C#N)c(Cl)c2)C(C)(C)C1N1Cc2cc(C#CC3CN(C4CN(c5ccc6c(c5)CN(C5CCC(=O)CCCC5=O)C6=O)C4)C3)ccc2C1=O. The van der Waals surface area contributed by atoms with Gasteiger partial charge in [0.2, 0.25) is 0 Å². The van der Waals surface area contributed by atoms with E-state index in [2.05, 4.69) is 67.5 Å². The molecule has 4 heterocycles. The van der Waals surface area contributed by atoms with Gasteiger partial charge in [-0.05, 0) is 72.5 Å². The van der Waals surface area contributed by atoms with E-state index in [1.807, 2.05) is 29.2 Å². The van der Waals surface area contributed by atoms with Crippen LogP contribution in [0.5, 0.6) is 5.75 Å². The highest BCUT2D eigenvalue weighted by Crippen LogP contribution is 2.59. The van der Waals surface area contributed by atoms with Gasteiger partial charge in [0.15, 0.2) is 5.78 Å². The summed E-state index contributed by atoms with van der Waals surface area (Å²) in [5.74, 6) is 7.98. The largest absolute Gasteiger partial charge is 0.489 e.